The maximum atomic E-state index is 12.6. The minimum atomic E-state index is -0.214. The highest BCUT2D eigenvalue weighted by Gasteiger charge is 2.10. The summed E-state index contributed by atoms with van der Waals surface area (Å²) in [4.78, 5) is 12.6. The third-order valence-corrected chi connectivity index (χ3v) is 4.70. The van der Waals surface area contributed by atoms with Crippen molar-refractivity contribution in [3.8, 4) is 11.5 Å². The van der Waals surface area contributed by atoms with E-state index in [-0.39, 0.29) is 5.91 Å². The van der Waals surface area contributed by atoms with E-state index in [0.29, 0.717) is 47.0 Å². The Labute approximate surface area is 178 Å². The lowest BCUT2D eigenvalue weighted by Crippen LogP contribution is -2.12. The molecule has 3 aromatic rings. The lowest BCUT2D eigenvalue weighted by atomic mass is 10.2. The van der Waals surface area contributed by atoms with Crippen molar-refractivity contribution in [2.24, 2.45) is 0 Å². The summed E-state index contributed by atoms with van der Waals surface area (Å²) in [6.07, 6.45) is 0. The van der Waals surface area contributed by atoms with Crippen LogP contribution in [0.15, 0.2) is 77.3 Å². The van der Waals surface area contributed by atoms with Crippen molar-refractivity contribution >= 4 is 27.5 Å². The van der Waals surface area contributed by atoms with Crippen LogP contribution in [0.3, 0.4) is 0 Å². The summed E-state index contributed by atoms with van der Waals surface area (Å²) >= 11 is 3.44. The molecule has 150 valence electrons. The van der Waals surface area contributed by atoms with E-state index in [1.165, 1.54) is 0 Å². The van der Waals surface area contributed by atoms with Gasteiger partial charge in [0.2, 0.25) is 0 Å². The van der Waals surface area contributed by atoms with Gasteiger partial charge in [-0.15, -0.1) is 0 Å². The number of methoxy groups -OCH3 is 1. The summed E-state index contributed by atoms with van der Waals surface area (Å²) in [5.41, 5.74) is 2.27. The van der Waals surface area contributed by atoms with Crippen molar-refractivity contribution in [3.63, 3.8) is 0 Å². The zero-order valence-electron chi connectivity index (χ0n) is 16.1. The van der Waals surface area contributed by atoms with Crippen molar-refractivity contribution in [3.05, 3.63) is 88.4 Å². The maximum absolute atomic E-state index is 12.6. The molecule has 0 heterocycles. The molecule has 0 atom stereocenters. The van der Waals surface area contributed by atoms with Gasteiger partial charge in [-0.3, -0.25) is 4.79 Å². The summed E-state index contributed by atoms with van der Waals surface area (Å²) in [6.45, 7) is 1.41. The van der Waals surface area contributed by atoms with Crippen LogP contribution in [0.5, 0.6) is 11.5 Å². The number of rotatable bonds is 9. The van der Waals surface area contributed by atoms with Crippen LogP contribution in [0.4, 0.5) is 5.69 Å². The summed E-state index contributed by atoms with van der Waals surface area (Å²) in [5.74, 6) is 1.14. The Bertz CT molecular complexity index is 947. The number of hydrogen-bond acceptors (Lipinski definition) is 4. The molecule has 0 aliphatic rings. The third kappa shape index (κ3) is 6.34. The molecule has 0 saturated heterocycles. The van der Waals surface area contributed by atoms with Crippen molar-refractivity contribution in [1.82, 2.24) is 0 Å². The van der Waals surface area contributed by atoms with Crippen LogP contribution >= 0.6 is 15.9 Å². The van der Waals surface area contributed by atoms with Crippen LogP contribution in [0.1, 0.15) is 15.9 Å². The number of ether oxygens (including phenoxy) is 3. The number of halogens is 1. The molecule has 1 amide bonds. The van der Waals surface area contributed by atoms with E-state index >= 15 is 0 Å². The summed E-state index contributed by atoms with van der Waals surface area (Å²) in [5, 5.41) is 2.90. The molecule has 3 aromatic carbocycles. The van der Waals surface area contributed by atoms with E-state index in [0.717, 1.165) is 5.56 Å². The SMILES string of the molecule is COCCOc1ccc(C(=O)Nc2cccc(OCc3ccccc3)c2)cc1Br. The zero-order chi connectivity index (χ0) is 20.5. The second kappa shape index (κ2) is 10.6. The van der Waals surface area contributed by atoms with Gasteiger partial charge in [0.25, 0.3) is 5.91 Å². The number of carbonyl (C=O) groups is 1. The van der Waals surface area contributed by atoms with E-state index < -0.39 is 0 Å². The fourth-order valence-corrected chi connectivity index (χ4v) is 3.10. The smallest absolute Gasteiger partial charge is 0.255 e. The second-order valence-corrected chi connectivity index (χ2v) is 7.10. The van der Waals surface area contributed by atoms with Crippen molar-refractivity contribution in [2.45, 2.75) is 6.61 Å². The number of hydrogen-bond donors (Lipinski definition) is 1. The van der Waals surface area contributed by atoms with E-state index in [4.69, 9.17) is 14.2 Å². The monoisotopic (exact) mass is 455 g/mol. The number of carbonyl (C=O) groups excluding carboxylic acids is 1. The Morgan fingerprint density at radius 1 is 0.931 bits per heavy atom. The molecular formula is C23H22BrNO4. The number of anilines is 1. The maximum Gasteiger partial charge on any atom is 0.255 e. The quantitative estimate of drug-likeness (QED) is 0.444. The highest BCUT2D eigenvalue weighted by Crippen LogP contribution is 2.27. The molecule has 0 aromatic heterocycles. The number of benzene rings is 3. The molecule has 6 heteroatoms. The largest absolute Gasteiger partial charge is 0.490 e. The Balaban J connectivity index is 1.61. The predicted octanol–water partition coefficient (Wildman–Crippen LogP) is 5.31. The van der Waals surface area contributed by atoms with E-state index in [9.17, 15) is 4.79 Å². The van der Waals surface area contributed by atoms with E-state index in [1.807, 2.05) is 48.5 Å². The van der Waals surface area contributed by atoms with Gasteiger partial charge in [-0.25, -0.2) is 0 Å². The highest BCUT2D eigenvalue weighted by atomic mass is 79.9. The number of amides is 1. The van der Waals surface area contributed by atoms with Crippen molar-refractivity contribution in [1.29, 1.82) is 0 Å². The van der Waals surface area contributed by atoms with Gasteiger partial charge in [0, 0.05) is 24.4 Å². The Hall–Kier alpha value is -2.83. The molecule has 1 N–H and O–H groups in total. The van der Waals surface area contributed by atoms with Crippen LogP contribution in [-0.4, -0.2) is 26.2 Å². The van der Waals surface area contributed by atoms with Crippen LogP contribution in [0.2, 0.25) is 0 Å². The standard InChI is InChI=1S/C23H22BrNO4/c1-27-12-13-28-22-11-10-18(14-21(22)24)23(26)25-19-8-5-9-20(15-19)29-16-17-6-3-2-4-7-17/h2-11,14-15H,12-13,16H2,1H3,(H,25,26). The molecule has 0 spiro atoms. The summed E-state index contributed by atoms with van der Waals surface area (Å²) in [6, 6.07) is 22.5. The lowest BCUT2D eigenvalue weighted by Gasteiger charge is -2.11. The van der Waals surface area contributed by atoms with Crippen molar-refractivity contribution < 1.29 is 19.0 Å². The topological polar surface area (TPSA) is 56.8 Å². The molecule has 0 unspecified atom stereocenters. The Morgan fingerprint density at radius 3 is 2.52 bits per heavy atom. The molecule has 3 rings (SSSR count). The molecular weight excluding hydrogens is 434 g/mol. The molecule has 29 heavy (non-hydrogen) atoms. The third-order valence-electron chi connectivity index (χ3n) is 4.08. The molecule has 0 aliphatic carbocycles. The van der Waals surface area contributed by atoms with Gasteiger partial charge < -0.3 is 19.5 Å². The molecule has 0 aliphatic heterocycles. The van der Waals surface area contributed by atoms with Gasteiger partial charge in [-0.2, -0.15) is 0 Å². The first kappa shape index (κ1) is 20.9. The van der Waals surface area contributed by atoms with E-state index in [2.05, 4.69) is 21.2 Å². The van der Waals surface area contributed by atoms with E-state index in [1.54, 1.807) is 31.4 Å². The molecule has 0 radical (unpaired) electrons. The Morgan fingerprint density at radius 2 is 1.76 bits per heavy atom. The van der Waals surface area contributed by atoms with Gasteiger partial charge >= 0.3 is 0 Å². The Kier molecular flexibility index (Phi) is 7.67. The molecule has 0 saturated carbocycles. The zero-order valence-corrected chi connectivity index (χ0v) is 17.6. The van der Waals surface area contributed by atoms with Crippen molar-refractivity contribution in [2.75, 3.05) is 25.6 Å². The molecule has 0 bridgehead atoms. The first-order valence-corrected chi connectivity index (χ1v) is 9.94. The van der Waals surface area contributed by atoms with Gasteiger partial charge in [0.15, 0.2) is 0 Å². The summed E-state index contributed by atoms with van der Waals surface area (Å²) in [7, 11) is 1.62. The molecule has 5 nitrogen and oxygen atoms in total. The number of nitrogens with one attached hydrogen (secondary N) is 1. The van der Waals surface area contributed by atoms with Crippen LogP contribution in [-0.2, 0) is 11.3 Å². The minimum Gasteiger partial charge on any atom is -0.490 e. The highest BCUT2D eigenvalue weighted by molar-refractivity contribution is 9.10. The fourth-order valence-electron chi connectivity index (χ4n) is 2.60. The average Bonchev–Trinajstić information content (AvgIpc) is 2.74. The first-order chi connectivity index (χ1) is 14.2. The average molecular weight is 456 g/mol. The van der Waals surface area contributed by atoms with Crippen LogP contribution in [0.25, 0.3) is 0 Å². The van der Waals surface area contributed by atoms with Gasteiger partial charge in [0.1, 0.15) is 24.7 Å². The summed E-state index contributed by atoms with van der Waals surface area (Å²) < 4.78 is 17.1. The van der Waals surface area contributed by atoms with Gasteiger partial charge in [0.05, 0.1) is 11.1 Å². The van der Waals surface area contributed by atoms with Gasteiger partial charge in [-0.1, -0.05) is 36.4 Å². The van der Waals surface area contributed by atoms with Crippen LogP contribution in [0, 0.1) is 0 Å². The second-order valence-electron chi connectivity index (χ2n) is 6.24. The van der Waals surface area contributed by atoms with Gasteiger partial charge in [-0.05, 0) is 51.8 Å². The minimum absolute atomic E-state index is 0.214. The fraction of sp³-hybridized carbons (Fsp3) is 0.174. The normalized spacial score (nSPS) is 10.4. The predicted molar refractivity (Wildman–Crippen MR) is 117 cm³/mol. The van der Waals surface area contributed by atoms with Crippen LogP contribution < -0.4 is 14.8 Å². The molecule has 0 fully saturated rings. The lowest BCUT2D eigenvalue weighted by molar-refractivity contribution is 0.102. The first-order valence-electron chi connectivity index (χ1n) is 9.15.